The molecule has 0 aliphatic carbocycles. The molecule has 1 nitrogen and oxygen atoms in total. The number of benzene rings is 1. The normalized spacial score (nSPS) is 16.6. The van der Waals surface area contributed by atoms with Crippen LogP contribution in [-0.2, 0) is 0 Å². The number of hydrogen-bond acceptors (Lipinski definition) is 1. The van der Waals surface area contributed by atoms with Crippen LogP contribution in [0.4, 0.5) is 0 Å². The molecule has 0 bridgehead atoms. The summed E-state index contributed by atoms with van der Waals surface area (Å²) in [6.45, 7) is 3.33. The average Bonchev–Trinajstić information content (AvgIpc) is 2.45. The lowest BCUT2D eigenvalue weighted by Crippen LogP contribution is -2.39. The molecule has 0 amide bonds. The van der Waals surface area contributed by atoms with Gasteiger partial charge in [-0.25, -0.2) is 0 Å². The van der Waals surface area contributed by atoms with Gasteiger partial charge in [0.2, 0.25) is 0 Å². The molecule has 0 radical (unpaired) electrons. The minimum atomic E-state index is -2.12. The van der Waals surface area contributed by atoms with E-state index in [0.29, 0.717) is 16.8 Å². The SMILES string of the molecule is [2H]C([2H])c1cc(-c2ccc(C([2H])([2H])[2H])cc2)ncc1[Si](C)(C)C. The predicted molar refractivity (Wildman–Crippen MR) is 82.1 cm³/mol. The summed E-state index contributed by atoms with van der Waals surface area (Å²) in [6, 6.07) is 8.41. The average molecular weight is 260 g/mol. The van der Waals surface area contributed by atoms with Gasteiger partial charge >= 0.3 is 0 Å². The third-order valence-electron chi connectivity index (χ3n) is 2.92. The first kappa shape index (κ1) is 7.90. The highest BCUT2D eigenvalue weighted by Gasteiger charge is 2.19. The zero-order chi connectivity index (χ0) is 17.4. The molecule has 0 saturated carbocycles. The molecule has 2 aromatic rings. The summed E-state index contributed by atoms with van der Waals surface area (Å²) in [4.78, 5) is 4.48. The Labute approximate surface area is 118 Å². The van der Waals surface area contributed by atoms with Crippen molar-refractivity contribution in [3.8, 4) is 11.3 Å². The van der Waals surface area contributed by atoms with Gasteiger partial charge in [-0.2, -0.15) is 0 Å². The van der Waals surface area contributed by atoms with Crippen LogP contribution in [0.3, 0.4) is 0 Å². The van der Waals surface area contributed by atoms with E-state index >= 15 is 0 Å². The molecule has 1 aromatic heterocycles. The predicted octanol–water partition coefficient (Wildman–Crippen LogP) is 3.91. The first-order valence-corrected chi connectivity index (χ1v) is 9.46. The molecule has 18 heavy (non-hydrogen) atoms. The summed E-state index contributed by atoms with van der Waals surface area (Å²) in [5.74, 6) is 0. The van der Waals surface area contributed by atoms with E-state index in [-0.39, 0.29) is 0 Å². The molecule has 1 aromatic carbocycles. The Hall–Kier alpha value is -1.41. The third kappa shape index (κ3) is 2.70. The van der Waals surface area contributed by atoms with Crippen molar-refractivity contribution in [2.75, 3.05) is 0 Å². The quantitative estimate of drug-likeness (QED) is 0.746. The lowest BCUT2D eigenvalue weighted by molar-refractivity contribution is 1.30. The Balaban J connectivity index is 2.47. The van der Waals surface area contributed by atoms with Crippen LogP contribution in [0.1, 0.15) is 18.0 Å². The second-order valence-electron chi connectivity index (χ2n) is 5.48. The largest absolute Gasteiger partial charge is 0.256 e. The van der Waals surface area contributed by atoms with Crippen LogP contribution in [0.25, 0.3) is 11.3 Å². The summed E-state index contributed by atoms with van der Waals surface area (Å²) < 4.78 is 37.8. The lowest BCUT2D eigenvalue weighted by atomic mass is 10.1. The molecule has 94 valence electrons. The molecule has 0 N–H and O–H groups in total. The second kappa shape index (κ2) is 4.69. The highest BCUT2D eigenvalue weighted by Crippen LogP contribution is 2.18. The number of pyridine rings is 1. The van der Waals surface area contributed by atoms with Crippen molar-refractivity contribution >= 4 is 13.3 Å². The second-order valence-corrected chi connectivity index (χ2v) is 10.5. The molecule has 2 heteroatoms. The number of hydrogen-bond donors (Lipinski definition) is 0. The molecular weight excluding hydrogens is 234 g/mol. The Kier molecular flexibility index (Phi) is 2.06. The van der Waals surface area contributed by atoms with E-state index in [1.807, 2.05) is 0 Å². The molecule has 0 atom stereocenters. The first-order valence-electron chi connectivity index (χ1n) is 8.61. The van der Waals surface area contributed by atoms with Gasteiger partial charge in [0, 0.05) is 18.6 Å². The molecule has 0 aliphatic rings. The summed E-state index contributed by atoms with van der Waals surface area (Å²) in [6.07, 6.45) is 1.78. The summed E-state index contributed by atoms with van der Waals surface area (Å²) in [7, 11) is -1.68. The van der Waals surface area contributed by atoms with Crippen molar-refractivity contribution in [3.63, 3.8) is 0 Å². The molecule has 0 fully saturated rings. The van der Waals surface area contributed by atoms with Crippen LogP contribution < -0.4 is 5.19 Å². The topological polar surface area (TPSA) is 12.9 Å². The molecule has 2 rings (SSSR count). The maximum Gasteiger partial charge on any atom is 0.0799 e. The van der Waals surface area contributed by atoms with Gasteiger partial charge in [0.05, 0.1) is 13.8 Å². The zero-order valence-corrected chi connectivity index (χ0v) is 12.0. The van der Waals surface area contributed by atoms with Gasteiger partial charge in [-0.15, -0.1) is 0 Å². The number of nitrogens with zero attached hydrogens (tertiary/aromatic N) is 1. The van der Waals surface area contributed by atoms with E-state index < -0.39 is 21.8 Å². The highest BCUT2D eigenvalue weighted by atomic mass is 28.3. The van der Waals surface area contributed by atoms with Crippen molar-refractivity contribution in [2.24, 2.45) is 0 Å². The van der Waals surface area contributed by atoms with Gasteiger partial charge in [0.15, 0.2) is 0 Å². The van der Waals surface area contributed by atoms with E-state index in [0.717, 1.165) is 10.8 Å². The number of rotatable bonds is 2. The van der Waals surface area contributed by atoms with Crippen molar-refractivity contribution in [3.05, 3.63) is 47.7 Å². The lowest BCUT2D eigenvalue weighted by Gasteiger charge is -2.19. The van der Waals surface area contributed by atoms with E-state index in [2.05, 4.69) is 24.6 Å². The monoisotopic (exact) mass is 260 g/mol. The first-order chi connectivity index (χ1) is 10.5. The summed E-state index contributed by atoms with van der Waals surface area (Å²) in [5.41, 5.74) is 2.44. The molecule has 0 aliphatic heterocycles. The van der Waals surface area contributed by atoms with Gasteiger partial charge < -0.3 is 0 Å². The summed E-state index contributed by atoms with van der Waals surface area (Å²) in [5, 5.41) is 1.02. The van der Waals surface area contributed by atoms with Gasteiger partial charge in [-0.3, -0.25) is 4.98 Å². The molecule has 0 saturated heterocycles. The van der Waals surface area contributed by atoms with Crippen molar-refractivity contribution in [1.29, 1.82) is 0 Å². The smallest absolute Gasteiger partial charge is 0.0799 e. The Morgan fingerprint density at radius 2 is 1.83 bits per heavy atom. The van der Waals surface area contributed by atoms with Crippen LogP contribution >= 0.6 is 0 Å². The van der Waals surface area contributed by atoms with Crippen molar-refractivity contribution in [1.82, 2.24) is 4.98 Å². The van der Waals surface area contributed by atoms with Gasteiger partial charge in [-0.05, 0) is 30.5 Å². The standard InChI is InChI=1S/C16H21NSi/c1-12-6-8-14(9-7-12)15-10-13(2)16(11-17-15)18(3,4)5/h6-11H,1-5H3/i1D3,2D2. The zero-order valence-electron chi connectivity index (χ0n) is 16.0. The Morgan fingerprint density at radius 3 is 2.39 bits per heavy atom. The van der Waals surface area contributed by atoms with Crippen LogP contribution in [-0.4, -0.2) is 13.1 Å². The molecular formula is C16H21NSi. The van der Waals surface area contributed by atoms with E-state index in [4.69, 9.17) is 6.85 Å². The van der Waals surface area contributed by atoms with Crippen LogP contribution in [0.2, 0.25) is 19.6 Å². The van der Waals surface area contributed by atoms with E-state index in [1.54, 1.807) is 36.5 Å². The van der Waals surface area contributed by atoms with Crippen LogP contribution in [0.5, 0.6) is 0 Å². The number of aryl methyl sites for hydroxylation is 2. The van der Waals surface area contributed by atoms with E-state index in [9.17, 15) is 0 Å². The minimum Gasteiger partial charge on any atom is -0.256 e. The van der Waals surface area contributed by atoms with Gasteiger partial charge in [0.1, 0.15) is 0 Å². The fourth-order valence-electron chi connectivity index (χ4n) is 1.90. The minimum absolute atomic E-state index is 0.291. The molecule has 0 spiro atoms. The van der Waals surface area contributed by atoms with Crippen molar-refractivity contribution < 1.29 is 6.85 Å². The number of aromatic nitrogens is 1. The molecule has 0 unspecified atom stereocenters. The molecule has 1 heterocycles. The van der Waals surface area contributed by atoms with Crippen LogP contribution in [0, 0.1) is 13.7 Å². The van der Waals surface area contributed by atoms with Gasteiger partial charge in [-0.1, -0.05) is 49.5 Å². The fourth-order valence-corrected chi connectivity index (χ4v) is 3.29. The summed E-state index contributed by atoms with van der Waals surface area (Å²) >= 11 is 0. The third-order valence-corrected chi connectivity index (χ3v) is 4.96. The van der Waals surface area contributed by atoms with Crippen LogP contribution in [0.15, 0.2) is 36.5 Å². The Bertz CT molecular complexity index is 687. The van der Waals surface area contributed by atoms with Gasteiger partial charge in [0.25, 0.3) is 0 Å². The maximum atomic E-state index is 7.80. The van der Waals surface area contributed by atoms with E-state index in [1.165, 1.54) is 0 Å². The fraction of sp³-hybridized carbons (Fsp3) is 0.312. The Morgan fingerprint density at radius 1 is 1.11 bits per heavy atom. The maximum absolute atomic E-state index is 7.80. The highest BCUT2D eigenvalue weighted by molar-refractivity contribution is 6.89. The van der Waals surface area contributed by atoms with Crippen molar-refractivity contribution in [2.45, 2.75) is 33.4 Å².